The van der Waals surface area contributed by atoms with Crippen molar-refractivity contribution in [3.63, 3.8) is 0 Å². The Bertz CT molecular complexity index is 873. The molecule has 3 aromatic rings. The molecule has 7 nitrogen and oxygen atoms in total. The number of nitrogens with one attached hydrogen (secondary N) is 2. The topological polar surface area (TPSA) is 89.3 Å². The molecular weight excluding hydrogens is 352 g/mol. The van der Waals surface area contributed by atoms with Gasteiger partial charge in [0.15, 0.2) is 5.82 Å². The lowest BCUT2D eigenvalue weighted by Gasteiger charge is -2.04. The summed E-state index contributed by atoms with van der Waals surface area (Å²) in [4.78, 5) is 17.5. The fraction of sp³-hybridized carbons (Fsp3) is 0.278. The van der Waals surface area contributed by atoms with Crippen molar-refractivity contribution in [1.82, 2.24) is 15.5 Å². The number of methoxy groups -OCH3 is 1. The molecule has 1 unspecified atom stereocenters. The average molecular weight is 372 g/mol. The number of carbonyl (C=O) groups is 1. The van der Waals surface area contributed by atoms with E-state index in [0.717, 1.165) is 4.88 Å². The molecule has 2 aromatic heterocycles. The molecule has 0 radical (unpaired) electrons. The first-order valence-electron chi connectivity index (χ1n) is 8.14. The summed E-state index contributed by atoms with van der Waals surface area (Å²) in [6, 6.07) is 10.9. The van der Waals surface area contributed by atoms with Gasteiger partial charge in [-0.05, 0) is 50.4 Å². The second kappa shape index (κ2) is 8.11. The maximum Gasteiger partial charge on any atom is 0.268 e. The molecule has 3 rings (SSSR count). The van der Waals surface area contributed by atoms with Gasteiger partial charge in [0, 0.05) is 18.0 Å². The Kier molecular flexibility index (Phi) is 5.65. The third-order valence-electron chi connectivity index (χ3n) is 3.86. The van der Waals surface area contributed by atoms with Gasteiger partial charge in [0.1, 0.15) is 5.75 Å². The van der Waals surface area contributed by atoms with E-state index in [1.807, 2.05) is 26.1 Å². The molecule has 0 aliphatic carbocycles. The minimum Gasteiger partial charge on any atom is -0.497 e. The molecule has 1 aromatic carbocycles. The lowest BCUT2D eigenvalue weighted by Crippen LogP contribution is -2.24. The molecule has 0 fully saturated rings. The molecule has 0 aliphatic rings. The summed E-state index contributed by atoms with van der Waals surface area (Å²) in [6.45, 7) is 2.05. The number of likely N-dealkylation sites (N-methyl/N-ethyl adjacent to an activating group) is 1. The van der Waals surface area contributed by atoms with Crippen LogP contribution in [0.4, 0.5) is 5.00 Å². The largest absolute Gasteiger partial charge is 0.497 e. The molecule has 1 atom stereocenters. The standard InChI is InChI=1S/C18H20N4O3S/c1-11(19-2)10-15-20-18(25-22-15)14-8-9-16(26-14)21-17(23)12-4-6-13(24-3)7-5-12/h4-9,11,19H,10H2,1-3H3,(H,21,23). The second-order valence-electron chi connectivity index (χ2n) is 5.76. The van der Waals surface area contributed by atoms with E-state index in [1.54, 1.807) is 31.4 Å². The summed E-state index contributed by atoms with van der Waals surface area (Å²) >= 11 is 1.39. The first kappa shape index (κ1) is 18.1. The molecule has 2 heterocycles. The van der Waals surface area contributed by atoms with Gasteiger partial charge in [0.25, 0.3) is 11.8 Å². The van der Waals surface area contributed by atoms with Gasteiger partial charge >= 0.3 is 0 Å². The average Bonchev–Trinajstić information content (AvgIpc) is 3.31. The van der Waals surface area contributed by atoms with Gasteiger partial charge in [-0.1, -0.05) is 5.16 Å². The van der Waals surface area contributed by atoms with Gasteiger partial charge in [0.05, 0.1) is 17.0 Å². The molecule has 0 bridgehead atoms. The number of carbonyl (C=O) groups excluding carboxylic acids is 1. The minimum atomic E-state index is -0.185. The van der Waals surface area contributed by atoms with Gasteiger partial charge in [-0.3, -0.25) is 4.79 Å². The maximum atomic E-state index is 12.3. The lowest BCUT2D eigenvalue weighted by atomic mass is 10.2. The van der Waals surface area contributed by atoms with E-state index in [0.29, 0.717) is 34.4 Å². The van der Waals surface area contributed by atoms with Crippen molar-refractivity contribution >= 4 is 22.2 Å². The zero-order valence-corrected chi connectivity index (χ0v) is 15.6. The van der Waals surface area contributed by atoms with Gasteiger partial charge in [-0.15, -0.1) is 11.3 Å². The smallest absolute Gasteiger partial charge is 0.268 e. The predicted molar refractivity (Wildman–Crippen MR) is 101 cm³/mol. The Morgan fingerprint density at radius 1 is 1.27 bits per heavy atom. The van der Waals surface area contributed by atoms with Crippen molar-refractivity contribution in [2.45, 2.75) is 19.4 Å². The van der Waals surface area contributed by atoms with E-state index < -0.39 is 0 Å². The number of nitrogens with zero attached hydrogens (tertiary/aromatic N) is 2. The highest BCUT2D eigenvalue weighted by Gasteiger charge is 2.14. The van der Waals surface area contributed by atoms with Crippen molar-refractivity contribution in [3.05, 3.63) is 47.8 Å². The SMILES string of the molecule is CNC(C)Cc1noc(-c2ccc(NC(=O)c3ccc(OC)cc3)s2)n1. The summed E-state index contributed by atoms with van der Waals surface area (Å²) in [5, 5.41) is 10.7. The Balaban J connectivity index is 1.66. The number of thiophene rings is 1. The lowest BCUT2D eigenvalue weighted by molar-refractivity contribution is 0.102. The highest BCUT2D eigenvalue weighted by atomic mass is 32.1. The highest BCUT2D eigenvalue weighted by Crippen LogP contribution is 2.30. The van der Waals surface area contributed by atoms with E-state index in [1.165, 1.54) is 11.3 Å². The summed E-state index contributed by atoms with van der Waals surface area (Å²) in [6.07, 6.45) is 0.687. The highest BCUT2D eigenvalue weighted by molar-refractivity contribution is 7.19. The summed E-state index contributed by atoms with van der Waals surface area (Å²) in [5.41, 5.74) is 0.557. The number of hydrogen-bond donors (Lipinski definition) is 2. The number of benzene rings is 1. The molecule has 26 heavy (non-hydrogen) atoms. The fourth-order valence-corrected chi connectivity index (χ4v) is 3.08. The van der Waals surface area contributed by atoms with Crippen LogP contribution in [0.3, 0.4) is 0 Å². The Labute approximate surface area is 155 Å². The minimum absolute atomic E-state index is 0.185. The number of rotatable bonds is 7. The number of aromatic nitrogens is 2. The summed E-state index contributed by atoms with van der Waals surface area (Å²) in [7, 11) is 3.48. The predicted octanol–water partition coefficient (Wildman–Crippen LogP) is 3.21. The van der Waals surface area contributed by atoms with Crippen LogP contribution >= 0.6 is 11.3 Å². The molecule has 1 amide bonds. The van der Waals surface area contributed by atoms with Crippen molar-refractivity contribution < 1.29 is 14.1 Å². The molecular formula is C18H20N4O3S. The van der Waals surface area contributed by atoms with Crippen LogP contribution in [0.1, 0.15) is 23.1 Å². The van der Waals surface area contributed by atoms with Crippen molar-refractivity contribution in [2.24, 2.45) is 0 Å². The molecule has 136 valence electrons. The van der Waals surface area contributed by atoms with E-state index >= 15 is 0 Å². The van der Waals surface area contributed by atoms with Crippen LogP contribution in [0, 0.1) is 0 Å². The van der Waals surface area contributed by atoms with Crippen molar-refractivity contribution in [2.75, 3.05) is 19.5 Å². The van der Waals surface area contributed by atoms with Crippen molar-refractivity contribution in [3.8, 4) is 16.5 Å². The Morgan fingerprint density at radius 2 is 2.04 bits per heavy atom. The van der Waals surface area contributed by atoms with Gasteiger partial charge in [-0.25, -0.2) is 0 Å². The fourth-order valence-electron chi connectivity index (χ4n) is 2.26. The third kappa shape index (κ3) is 4.27. The Morgan fingerprint density at radius 3 is 2.73 bits per heavy atom. The summed E-state index contributed by atoms with van der Waals surface area (Å²) < 4.78 is 10.4. The zero-order chi connectivity index (χ0) is 18.5. The number of amides is 1. The second-order valence-corrected chi connectivity index (χ2v) is 6.84. The van der Waals surface area contributed by atoms with Gasteiger partial charge in [0.2, 0.25) is 0 Å². The molecule has 8 heteroatoms. The monoisotopic (exact) mass is 372 g/mol. The van der Waals surface area contributed by atoms with Crippen LogP contribution in [-0.4, -0.2) is 36.2 Å². The van der Waals surface area contributed by atoms with Crippen LogP contribution in [0.5, 0.6) is 5.75 Å². The van der Waals surface area contributed by atoms with Crippen LogP contribution in [-0.2, 0) is 6.42 Å². The van der Waals surface area contributed by atoms with Gasteiger partial charge in [-0.2, -0.15) is 4.98 Å². The molecule has 0 saturated heterocycles. The normalized spacial score (nSPS) is 12.0. The number of ether oxygens (including phenoxy) is 1. The van der Waals surface area contributed by atoms with E-state index in [2.05, 4.69) is 20.8 Å². The zero-order valence-electron chi connectivity index (χ0n) is 14.8. The van der Waals surface area contributed by atoms with E-state index in [9.17, 15) is 4.79 Å². The Hall–Kier alpha value is -2.71. The molecule has 0 saturated carbocycles. The van der Waals surface area contributed by atoms with Crippen LogP contribution in [0.25, 0.3) is 10.8 Å². The number of anilines is 1. The maximum absolute atomic E-state index is 12.3. The molecule has 0 aliphatic heterocycles. The van der Waals surface area contributed by atoms with E-state index in [-0.39, 0.29) is 11.9 Å². The van der Waals surface area contributed by atoms with Crippen LogP contribution in [0.2, 0.25) is 0 Å². The quantitative estimate of drug-likeness (QED) is 0.662. The first-order valence-corrected chi connectivity index (χ1v) is 8.96. The molecule has 2 N–H and O–H groups in total. The first-order chi connectivity index (χ1) is 12.6. The van der Waals surface area contributed by atoms with E-state index in [4.69, 9.17) is 9.26 Å². The van der Waals surface area contributed by atoms with Crippen LogP contribution < -0.4 is 15.4 Å². The van der Waals surface area contributed by atoms with Crippen LogP contribution in [0.15, 0.2) is 40.9 Å². The van der Waals surface area contributed by atoms with Crippen molar-refractivity contribution in [1.29, 1.82) is 0 Å². The number of hydrogen-bond acceptors (Lipinski definition) is 7. The summed E-state index contributed by atoms with van der Waals surface area (Å²) in [5.74, 6) is 1.63. The molecule has 0 spiro atoms. The van der Waals surface area contributed by atoms with Gasteiger partial charge < -0.3 is 19.9 Å². The third-order valence-corrected chi connectivity index (χ3v) is 4.84.